The number of alkyl halides is 1. The average molecular weight is 393 g/mol. The van der Waals surface area contributed by atoms with Crippen LogP contribution in [0.4, 0.5) is 11.4 Å². The van der Waals surface area contributed by atoms with Crippen molar-refractivity contribution in [3.63, 3.8) is 0 Å². The molecule has 5 rings (SSSR count). The van der Waals surface area contributed by atoms with Gasteiger partial charge in [-0.2, -0.15) is 0 Å². The fourth-order valence-electron chi connectivity index (χ4n) is 5.84. The minimum absolute atomic E-state index is 0.165. The first-order valence-electron chi connectivity index (χ1n) is 9.98. The summed E-state index contributed by atoms with van der Waals surface area (Å²) >= 11 is 5.63. The third-order valence-electron chi connectivity index (χ3n) is 6.69. The predicted octanol–water partition coefficient (Wildman–Crippen LogP) is 3.86. The normalized spacial score (nSPS) is 32.2. The Morgan fingerprint density at radius 1 is 1.26 bits per heavy atom. The van der Waals surface area contributed by atoms with Crippen LogP contribution in [0.3, 0.4) is 0 Å². The molecule has 0 heterocycles. The second-order valence-corrected chi connectivity index (χ2v) is 9.06. The largest absolute Gasteiger partial charge is 0.494 e. The van der Waals surface area contributed by atoms with E-state index in [1.807, 2.05) is 18.2 Å². The lowest BCUT2D eigenvalue weighted by Gasteiger charge is -2.55. The highest BCUT2D eigenvalue weighted by molar-refractivity contribution is 6.18. The van der Waals surface area contributed by atoms with Crippen LogP contribution in [-0.4, -0.2) is 36.7 Å². The van der Waals surface area contributed by atoms with Crippen LogP contribution >= 0.6 is 11.6 Å². The second kappa shape index (κ2) is 7.51. The smallest absolute Gasteiger partial charge is 0.230 e. The number of aliphatic hydroxyl groups excluding tert-OH is 1. The van der Waals surface area contributed by atoms with E-state index in [-0.39, 0.29) is 17.2 Å². The van der Waals surface area contributed by atoms with Crippen molar-refractivity contribution in [2.75, 3.05) is 30.2 Å². The summed E-state index contributed by atoms with van der Waals surface area (Å²) in [5, 5.41) is 15.9. The van der Waals surface area contributed by atoms with E-state index in [0.29, 0.717) is 18.0 Å². The zero-order chi connectivity index (χ0) is 19.0. The lowest BCUT2D eigenvalue weighted by Crippen LogP contribution is -2.51. The standard InChI is InChI=1S/C21H29ClN2O3/c1-27-19-7-16(23-12-17(25)11-22)2-3-18(19)24-20(26)21-8-13-4-14(9-21)6-15(5-13)10-21/h2-3,7,13-15,17,23,25H,4-6,8-12H2,1H3,(H,24,26). The molecule has 1 atom stereocenters. The Kier molecular flexibility index (Phi) is 5.26. The molecule has 3 N–H and O–H groups in total. The van der Waals surface area contributed by atoms with Crippen LogP contribution in [0.1, 0.15) is 38.5 Å². The van der Waals surface area contributed by atoms with E-state index >= 15 is 0 Å². The number of rotatable bonds is 7. The number of nitrogens with one attached hydrogen (secondary N) is 2. The molecule has 1 unspecified atom stereocenters. The van der Waals surface area contributed by atoms with Gasteiger partial charge >= 0.3 is 0 Å². The molecule has 0 spiro atoms. The number of halogens is 1. The molecule has 6 heteroatoms. The molecular weight excluding hydrogens is 364 g/mol. The average Bonchev–Trinajstić information content (AvgIpc) is 2.65. The Morgan fingerprint density at radius 2 is 1.89 bits per heavy atom. The first-order chi connectivity index (χ1) is 13.0. The second-order valence-electron chi connectivity index (χ2n) is 8.76. The number of anilines is 2. The van der Waals surface area contributed by atoms with Gasteiger partial charge in [0.25, 0.3) is 0 Å². The molecule has 1 aromatic carbocycles. The summed E-state index contributed by atoms with van der Waals surface area (Å²) in [5.74, 6) is 3.19. The van der Waals surface area contributed by atoms with Crippen LogP contribution in [-0.2, 0) is 4.79 Å². The highest BCUT2D eigenvalue weighted by Crippen LogP contribution is 2.60. The van der Waals surface area contributed by atoms with E-state index in [1.165, 1.54) is 19.3 Å². The molecule has 4 aliphatic carbocycles. The Labute approximate surface area is 165 Å². The summed E-state index contributed by atoms with van der Waals surface area (Å²) in [6.45, 7) is 0.367. The zero-order valence-corrected chi connectivity index (χ0v) is 16.6. The number of hydrogen-bond acceptors (Lipinski definition) is 4. The highest BCUT2D eigenvalue weighted by atomic mass is 35.5. The van der Waals surface area contributed by atoms with Crippen LogP contribution < -0.4 is 15.4 Å². The fourth-order valence-corrected chi connectivity index (χ4v) is 5.95. The molecule has 0 aliphatic heterocycles. The molecule has 1 aromatic rings. The minimum atomic E-state index is -0.604. The van der Waals surface area contributed by atoms with Crippen LogP contribution in [0.25, 0.3) is 0 Å². The molecule has 4 bridgehead atoms. The molecule has 4 fully saturated rings. The SMILES string of the molecule is COc1cc(NCC(O)CCl)ccc1NC(=O)C12CC3CC(CC(C3)C1)C2. The van der Waals surface area contributed by atoms with Gasteiger partial charge in [-0.05, 0) is 68.4 Å². The van der Waals surface area contributed by atoms with E-state index in [2.05, 4.69) is 10.6 Å². The van der Waals surface area contributed by atoms with E-state index in [0.717, 1.165) is 42.7 Å². The first-order valence-corrected chi connectivity index (χ1v) is 10.5. The van der Waals surface area contributed by atoms with E-state index < -0.39 is 6.10 Å². The maximum atomic E-state index is 13.2. The third-order valence-corrected chi connectivity index (χ3v) is 7.05. The molecule has 4 aliphatic rings. The number of aliphatic hydroxyl groups is 1. The molecule has 5 nitrogen and oxygen atoms in total. The number of methoxy groups -OCH3 is 1. The number of amides is 1. The number of carbonyl (C=O) groups is 1. The summed E-state index contributed by atoms with van der Waals surface area (Å²) < 4.78 is 5.50. The summed E-state index contributed by atoms with van der Waals surface area (Å²) in [6, 6.07) is 5.60. The lowest BCUT2D eigenvalue weighted by molar-refractivity contribution is -0.140. The van der Waals surface area contributed by atoms with Crippen LogP contribution in [0, 0.1) is 23.2 Å². The number of benzene rings is 1. The summed E-state index contributed by atoms with van der Waals surface area (Å²) in [7, 11) is 1.60. The van der Waals surface area contributed by atoms with Crippen molar-refractivity contribution in [1.29, 1.82) is 0 Å². The quantitative estimate of drug-likeness (QED) is 0.616. The summed E-state index contributed by atoms with van der Waals surface area (Å²) in [5.41, 5.74) is 1.35. The van der Waals surface area contributed by atoms with Crippen molar-refractivity contribution < 1.29 is 14.6 Å². The topological polar surface area (TPSA) is 70.6 Å². The Hall–Kier alpha value is -1.46. The molecule has 0 saturated heterocycles. The monoisotopic (exact) mass is 392 g/mol. The van der Waals surface area contributed by atoms with Gasteiger partial charge in [0.2, 0.25) is 5.91 Å². The van der Waals surface area contributed by atoms with Crippen LogP contribution in [0.5, 0.6) is 5.75 Å². The van der Waals surface area contributed by atoms with E-state index in [4.69, 9.17) is 16.3 Å². The van der Waals surface area contributed by atoms with Gasteiger partial charge in [0.05, 0.1) is 30.2 Å². The van der Waals surface area contributed by atoms with Crippen molar-refractivity contribution in [2.24, 2.45) is 23.2 Å². The van der Waals surface area contributed by atoms with Crippen LogP contribution in [0.15, 0.2) is 18.2 Å². The van der Waals surface area contributed by atoms with Crippen molar-refractivity contribution in [3.05, 3.63) is 18.2 Å². The maximum Gasteiger partial charge on any atom is 0.230 e. The van der Waals surface area contributed by atoms with Crippen molar-refractivity contribution >= 4 is 28.9 Å². The molecule has 0 aromatic heterocycles. The van der Waals surface area contributed by atoms with Crippen molar-refractivity contribution in [1.82, 2.24) is 0 Å². The van der Waals surface area contributed by atoms with Gasteiger partial charge in [0.15, 0.2) is 0 Å². The van der Waals surface area contributed by atoms with Gasteiger partial charge < -0.3 is 20.5 Å². The Balaban J connectivity index is 1.46. The summed E-state index contributed by atoms with van der Waals surface area (Å²) in [4.78, 5) is 13.2. The third kappa shape index (κ3) is 3.77. The number of ether oxygens (including phenoxy) is 1. The predicted molar refractivity (Wildman–Crippen MR) is 107 cm³/mol. The van der Waals surface area contributed by atoms with Gasteiger partial charge in [-0.3, -0.25) is 4.79 Å². The molecule has 4 saturated carbocycles. The van der Waals surface area contributed by atoms with Gasteiger partial charge in [-0.25, -0.2) is 0 Å². The molecule has 1 amide bonds. The van der Waals surface area contributed by atoms with Crippen molar-refractivity contribution in [3.8, 4) is 5.75 Å². The van der Waals surface area contributed by atoms with E-state index in [1.54, 1.807) is 7.11 Å². The Bertz CT molecular complexity index is 673. The van der Waals surface area contributed by atoms with Gasteiger partial charge in [-0.15, -0.1) is 11.6 Å². The molecule has 0 radical (unpaired) electrons. The lowest BCUT2D eigenvalue weighted by atomic mass is 9.49. The van der Waals surface area contributed by atoms with Crippen molar-refractivity contribution in [2.45, 2.75) is 44.6 Å². The van der Waals surface area contributed by atoms with E-state index in [9.17, 15) is 9.90 Å². The number of carbonyl (C=O) groups excluding carboxylic acids is 1. The molecular formula is C21H29ClN2O3. The van der Waals surface area contributed by atoms with Gasteiger partial charge in [-0.1, -0.05) is 0 Å². The van der Waals surface area contributed by atoms with Gasteiger partial charge in [0, 0.05) is 18.3 Å². The zero-order valence-electron chi connectivity index (χ0n) is 15.8. The van der Waals surface area contributed by atoms with Crippen LogP contribution in [0.2, 0.25) is 0 Å². The first kappa shape index (κ1) is 18.9. The minimum Gasteiger partial charge on any atom is -0.494 e. The van der Waals surface area contributed by atoms with Gasteiger partial charge in [0.1, 0.15) is 5.75 Å². The highest BCUT2D eigenvalue weighted by Gasteiger charge is 2.54. The Morgan fingerprint density at radius 3 is 2.44 bits per heavy atom. The number of hydrogen-bond donors (Lipinski definition) is 3. The molecule has 27 heavy (non-hydrogen) atoms. The maximum absolute atomic E-state index is 13.2. The molecule has 148 valence electrons. The summed E-state index contributed by atoms with van der Waals surface area (Å²) in [6.07, 6.45) is 6.50. The fraction of sp³-hybridized carbons (Fsp3) is 0.667.